The molecule has 0 unspecified atom stereocenters. The number of benzene rings is 2. The van der Waals surface area contributed by atoms with Gasteiger partial charge in [-0.15, -0.1) is 54.1 Å². The third kappa shape index (κ3) is 4.96. The Bertz CT molecular complexity index is 1720. The number of furan rings is 1. The van der Waals surface area contributed by atoms with Crippen molar-refractivity contribution in [2.24, 2.45) is 0 Å². The maximum atomic E-state index is 7.51. The van der Waals surface area contributed by atoms with E-state index in [2.05, 4.69) is 27.1 Å². The van der Waals surface area contributed by atoms with Crippen molar-refractivity contribution in [1.29, 1.82) is 0 Å². The van der Waals surface area contributed by atoms with Crippen LogP contribution >= 0.6 is 0 Å². The number of aryl methyl sites for hydroxylation is 2. The molecular weight excluding hydrogens is 599 g/mol. The first kappa shape index (κ1) is 16.9. The first-order valence-corrected chi connectivity index (χ1v) is 10.2. The Morgan fingerprint density at radius 3 is 2.50 bits per heavy atom. The molecule has 4 aromatic heterocycles. The van der Waals surface area contributed by atoms with Crippen LogP contribution in [0.5, 0.6) is 0 Å². The average molecular weight is 626 g/mol. The summed E-state index contributed by atoms with van der Waals surface area (Å²) in [6.07, 6.45) is 3.10. The second-order valence-corrected chi connectivity index (χ2v) is 7.16. The molecule has 6 rings (SSSR count). The molecular formula is C29H21IrN3O-2. The number of hydrogen-bond donors (Lipinski definition) is 0. The van der Waals surface area contributed by atoms with Crippen molar-refractivity contribution in [1.82, 2.24) is 15.0 Å². The molecule has 0 atom stereocenters. The Labute approximate surface area is 220 Å². The molecule has 0 amide bonds. The third-order valence-corrected chi connectivity index (χ3v) is 4.94. The van der Waals surface area contributed by atoms with Crippen LogP contribution in [0.1, 0.15) is 19.5 Å². The topological polar surface area (TPSA) is 51.8 Å². The number of hydrogen-bond acceptors (Lipinski definition) is 4. The predicted molar refractivity (Wildman–Crippen MR) is 132 cm³/mol. The molecule has 0 aliphatic heterocycles. The van der Waals surface area contributed by atoms with Crippen molar-refractivity contribution in [3.05, 3.63) is 115 Å². The van der Waals surface area contributed by atoms with Gasteiger partial charge in [-0.1, -0.05) is 29.8 Å². The maximum Gasteiger partial charge on any atom is 0.139 e. The smallest absolute Gasteiger partial charge is 0.139 e. The van der Waals surface area contributed by atoms with Gasteiger partial charge in [0.2, 0.25) is 0 Å². The molecule has 4 heterocycles. The second kappa shape index (κ2) is 10.5. The molecule has 169 valence electrons. The van der Waals surface area contributed by atoms with Crippen LogP contribution in [0.4, 0.5) is 0 Å². The van der Waals surface area contributed by atoms with Crippen molar-refractivity contribution in [3.63, 3.8) is 0 Å². The first-order valence-electron chi connectivity index (χ1n) is 13.2. The fourth-order valence-corrected chi connectivity index (χ4v) is 3.42. The molecule has 0 fully saturated rings. The van der Waals surface area contributed by atoms with Gasteiger partial charge in [-0.25, -0.2) is 0 Å². The standard InChI is InChI=1S/C17H11N2O.C12H10N.Ir/c1-11-8-9-15-16(19-11)13-6-4-5-12(17(13)20-15)14-7-2-3-10-18-14;1-10-7-8-12(13-9-10)11-5-3-2-4-6-11;/h2-4,6-10H,1H3;2-5,7-9H,1H3;/q2*-1;/i2*1D3;. The number of aromatic nitrogens is 3. The zero-order valence-corrected chi connectivity index (χ0v) is 20.1. The Hall–Kier alpha value is -3.66. The van der Waals surface area contributed by atoms with E-state index in [0.717, 1.165) is 27.9 Å². The summed E-state index contributed by atoms with van der Waals surface area (Å²) in [5.74, 6) is 0. The maximum absolute atomic E-state index is 7.51. The zero-order valence-electron chi connectivity index (χ0n) is 23.7. The fourth-order valence-electron chi connectivity index (χ4n) is 3.42. The van der Waals surface area contributed by atoms with Gasteiger partial charge >= 0.3 is 0 Å². The van der Waals surface area contributed by atoms with Crippen molar-refractivity contribution in [2.45, 2.75) is 13.7 Å². The van der Waals surface area contributed by atoms with Gasteiger partial charge in [0.15, 0.2) is 0 Å². The van der Waals surface area contributed by atoms with E-state index in [9.17, 15) is 0 Å². The number of fused-ring (bicyclic) bond motifs is 3. The van der Waals surface area contributed by atoms with Crippen LogP contribution in [-0.4, -0.2) is 15.0 Å². The SMILES string of the molecule is [2H]C([2H])([2H])c1ccc(-c2[c-]cccc2)nc1.[2H]C([2H])([2H])c1ccc2oc3c(-c4ccccn4)[c-]ccc3c2n1.[Ir]. The van der Waals surface area contributed by atoms with E-state index < -0.39 is 13.7 Å². The van der Waals surface area contributed by atoms with Crippen LogP contribution in [0, 0.1) is 25.8 Å². The van der Waals surface area contributed by atoms with Crippen LogP contribution in [0.15, 0.2) is 95.7 Å². The largest absolute Gasteiger partial charge is 0.499 e. The van der Waals surface area contributed by atoms with Crippen LogP contribution < -0.4 is 0 Å². The van der Waals surface area contributed by atoms with Gasteiger partial charge in [0.25, 0.3) is 0 Å². The summed E-state index contributed by atoms with van der Waals surface area (Å²) in [6, 6.07) is 29.2. The Kier molecular flexibility index (Phi) is 5.22. The molecule has 5 heteroatoms. The number of nitrogens with zero attached hydrogens (tertiary/aromatic N) is 3. The van der Waals surface area contributed by atoms with Gasteiger partial charge in [0.05, 0.1) is 11.1 Å². The molecule has 0 saturated carbocycles. The summed E-state index contributed by atoms with van der Waals surface area (Å²) in [5.41, 5.74) is 5.08. The molecule has 0 bridgehead atoms. The van der Waals surface area contributed by atoms with Gasteiger partial charge in [-0.2, -0.15) is 0 Å². The van der Waals surface area contributed by atoms with Crippen LogP contribution in [-0.2, 0) is 20.1 Å². The van der Waals surface area contributed by atoms with E-state index in [-0.39, 0.29) is 31.4 Å². The van der Waals surface area contributed by atoms with Gasteiger partial charge < -0.3 is 14.4 Å². The van der Waals surface area contributed by atoms with Crippen molar-refractivity contribution < 1.29 is 32.7 Å². The van der Waals surface area contributed by atoms with E-state index in [4.69, 9.17) is 12.6 Å². The third-order valence-electron chi connectivity index (χ3n) is 4.94. The van der Waals surface area contributed by atoms with Gasteiger partial charge in [-0.05, 0) is 54.2 Å². The van der Waals surface area contributed by atoms with Crippen LogP contribution in [0.25, 0.3) is 44.6 Å². The molecule has 0 saturated heterocycles. The van der Waals surface area contributed by atoms with E-state index in [1.54, 1.807) is 36.5 Å². The normalized spacial score (nSPS) is 13.8. The summed E-state index contributed by atoms with van der Waals surface area (Å²) < 4.78 is 50.1. The fraction of sp³-hybridized carbons (Fsp3) is 0.0690. The molecule has 0 spiro atoms. The molecule has 0 aliphatic rings. The number of rotatable bonds is 2. The van der Waals surface area contributed by atoms with Crippen molar-refractivity contribution in [2.75, 3.05) is 0 Å². The summed E-state index contributed by atoms with van der Waals surface area (Å²) >= 11 is 0. The zero-order chi connectivity index (χ0) is 27.6. The molecule has 0 N–H and O–H groups in total. The Balaban J connectivity index is 0.000000192. The second-order valence-electron chi connectivity index (χ2n) is 7.16. The molecule has 4 nitrogen and oxygen atoms in total. The molecule has 34 heavy (non-hydrogen) atoms. The molecule has 0 aliphatic carbocycles. The van der Waals surface area contributed by atoms with Crippen LogP contribution in [0.2, 0.25) is 0 Å². The first-order chi connectivity index (χ1) is 18.6. The Morgan fingerprint density at radius 2 is 1.76 bits per heavy atom. The van der Waals surface area contributed by atoms with Gasteiger partial charge in [-0.3, -0.25) is 4.98 Å². The monoisotopic (exact) mass is 626 g/mol. The van der Waals surface area contributed by atoms with E-state index in [1.165, 1.54) is 12.3 Å². The minimum absolute atomic E-state index is 0. The summed E-state index contributed by atoms with van der Waals surface area (Å²) in [4.78, 5) is 12.7. The molecule has 2 aromatic carbocycles. The van der Waals surface area contributed by atoms with E-state index in [1.807, 2.05) is 42.5 Å². The summed E-state index contributed by atoms with van der Waals surface area (Å²) in [6.45, 7) is -4.34. The minimum atomic E-state index is -2.25. The molecule has 6 aromatic rings. The van der Waals surface area contributed by atoms with E-state index >= 15 is 0 Å². The number of pyridine rings is 3. The summed E-state index contributed by atoms with van der Waals surface area (Å²) in [5, 5.41) is 0.755. The quantitative estimate of drug-likeness (QED) is 0.195. The Morgan fingerprint density at radius 1 is 0.824 bits per heavy atom. The minimum Gasteiger partial charge on any atom is -0.499 e. The summed E-state index contributed by atoms with van der Waals surface area (Å²) in [7, 11) is 0. The van der Waals surface area contributed by atoms with E-state index in [0.29, 0.717) is 16.7 Å². The molecule has 1 radical (unpaired) electrons. The van der Waals surface area contributed by atoms with Gasteiger partial charge in [0, 0.05) is 46.4 Å². The average Bonchev–Trinajstić information content (AvgIpc) is 3.32. The van der Waals surface area contributed by atoms with Crippen LogP contribution in [0.3, 0.4) is 0 Å². The van der Waals surface area contributed by atoms with Crippen molar-refractivity contribution >= 4 is 22.1 Å². The van der Waals surface area contributed by atoms with Gasteiger partial charge in [0.1, 0.15) is 5.58 Å². The predicted octanol–water partition coefficient (Wildman–Crippen LogP) is 7.01. The van der Waals surface area contributed by atoms with Crippen molar-refractivity contribution in [3.8, 4) is 22.5 Å².